The lowest BCUT2D eigenvalue weighted by Crippen LogP contribution is -2.53. The third-order valence-corrected chi connectivity index (χ3v) is 6.31. The molecule has 1 aliphatic rings. The first-order chi connectivity index (χ1) is 15.6. The Hall–Kier alpha value is -2.45. The van der Waals surface area contributed by atoms with Crippen molar-refractivity contribution in [2.75, 3.05) is 19.7 Å². The zero-order valence-corrected chi connectivity index (χ0v) is 20.7. The average Bonchev–Trinajstić information content (AvgIpc) is 3.39. The van der Waals surface area contributed by atoms with Crippen molar-refractivity contribution in [3.63, 3.8) is 0 Å². The van der Waals surface area contributed by atoms with Gasteiger partial charge in [0.1, 0.15) is 12.4 Å². The number of hydrogen-bond acceptors (Lipinski definition) is 4. The van der Waals surface area contributed by atoms with Gasteiger partial charge in [0, 0.05) is 35.0 Å². The molecule has 33 heavy (non-hydrogen) atoms. The van der Waals surface area contributed by atoms with Crippen LogP contribution in [0.5, 0.6) is 0 Å². The molecule has 8 heteroatoms. The van der Waals surface area contributed by atoms with Crippen LogP contribution in [0.2, 0.25) is 0 Å². The molecule has 0 aliphatic carbocycles. The van der Waals surface area contributed by atoms with Gasteiger partial charge in [0.15, 0.2) is 0 Å². The second-order valence-electron chi connectivity index (χ2n) is 9.58. The van der Waals surface area contributed by atoms with Gasteiger partial charge in [0.25, 0.3) is 0 Å². The number of urea groups is 1. The summed E-state index contributed by atoms with van der Waals surface area (Å²) in [5, 5.41) is 2.97. The molecule has 6 nitrogen and oxygen atoms in total. The molecule has 1 N–H and O–H groups in total. The Kier molecular flexibility index (Phi) is 8.48. The van der Waals surface area contributed by atoms with Gasteiger partial charge in [-0.05, 0) is 70.4 Å². The molecular formula is C25H34FN3O3S. The highest BCUT2D eigenvalue weighted by Gasteiger charge is 2.28. The standard InChI is InChI=1S/C25H34FN3O3S/c1-18-7-12-22(33-18)16-28(14-19-8-10-20(26)11-9-19)23(30)17-29(15-21-6-5-13-32-21)24(31)27-25(2,3)4/h7-12,21H,5-6,13-17H2,1-4H3,(H,27,31). The minimum absolute atomic E-state index is 0.0483. The van der Waals surface area contributed by atoms with E-state index in [-0.39, 0.29) is 30.4 Å². The summed E-state index contributed by atoms with van der Waals surface area (Å²) in [6.07, 6.45) is 1.78. The fraction of sp³-hybridized carbons (Fsp3) is 0.520. The highest BCUT2D eigenvalue weighted by molar-refractivity contribution is 7.11. The number of halogens is 1. The Balaban J connectivity index is 1.77. The van der Waals surface area contributed by atoms with Gasteiger partial charge in [-0.1, -0.05) is 12.1 Å². The first kappa shape index (κ1) is 25.2. The molecule has 0 saturated carbocycles. The fourth-order valence-corrected chi connectivity index (χ4v) is 4.62. The summed E-state index contributed by atoms with van der Waals surface area (Å²) in [4.78, 5) is 32.0. The van der Waals surface area contributed by atoms with E-state index in [0.717, 1.165) is 23.3 Å². The van der Waals surface area contributed by atoms with E-state index in [0.29, 0.717) is 26.2 Å². The van der Waals surface area contributed by atoms with Crippen molar-refractivity contribution >= 4 is 23.3 Å². The molecule has 1 aliphatic heterocycles. The molecule has 2 aromatic rings. The summed E-state index contributed by atoms with van der Waals surface area (Å²) in [7, 11) is 0. The summed E-state index contributed by atoms with van der Waals surface area (Å²) < 4.78 is 19.1. The Bertz CT molecular complexity index is 933. The summed E-state index contributed by atoms with van der Waals surface area (Å²) in [6, 6.07) is 9.93. The number of amides is 3. The van der Waals surface area contributed by atoms with Crippen LogP contribution in [0.3, 0.4) is 0 Å². The summed E-state index contributed by atoms with van der Waals surface area (Å²) >= 11 is 1.64. The third kappa shape index (κ3) is 8.12. The summed E-state index contributed by atoms with van der Waals surface area (Å²) in [5.41, 5.74) is 0.417. The van der Waals surface area contributed by atoms with Crippen LogP contribution in [0.15, 0.2) is 36.4 Å². The van der Waals surface area contributed by atoms with Crippen LogP contribution in [0.4, 0.5) is 9.18 Å². The normalized spacial score (nSPS) is 16.0. The second kappa shape index (κ2) is 11.1. The zero-order chi connectivity index (χ0) is 24.0. The molecule has 0 spiro atoms. The molecule has 0 radical (unpaired) electrons. The Morgan fingerprint density at radius 3 is 2.42 bits per heavy atom. The summed E-state index contributed by atoms with van der Waals surface area (Å²) in [6.45, 7) is 9.55. The van der Waals surface area contributed by atoms with Crippen LogP contribution in [0.25, 0.3) is 0 Å². The van der Waals surface area contributed by atoms with E-state index in [1.807, 2.05) is 39.8 Å². The number of carbonyl (C=O) groups is 2. The van der Waals surface area contributed by atoms with Gasteiger partial charge >= 0.3 is 6.03 Å². The molecule has 2 heterocycles. The molecule has 3 amide bonds. The maximum Gasteiger partial charge on any atom is 0.318 e. The first-order valence-corrected chi connectivity index (χ1v) is 12.2. The average molecular weight is 476 g/mol. The Morgan fingerprint density at radius 1 is 1.12 bits per heavy atom. The Labute approximate surface area is 199 Å². The predicted molar refractivity (Wildman–Crippen MR) is 129 cm³/mol. The molecule has 1 unspecified atom stereocenters. The SMILES string of the molecule is Cc1ccc(CN(Cc2ccc(F)cc2)C(=O)CN(CC2CCCO2)C(=O)NC(C)(C)C)s1. The van der Waals surface area contributed by atoms with E-state index in [1.165, 1.54) is 17.0 Å². The van der Waals surface area contributed by atoms with E-state index in [1.54, 1.807) is 33.3 Å². The van der Waals surface area contributed by atoms with E-state index in [2.05, 4.69) is 5.32 Å². The number of carbonyl (C=O) groups excluding carboxylic acids is 2. The van der Waals surface area contributed by atoms with Crippen LogP contribution in [0, 0.1) is 12.7 Å². The van der Waals surface area contributed by atoms with Crippen molar-refractivity contribution in [2.45, 2.75) is 65.3 Å². The van der Waals surface area contributed by atoms with Gasteiger partial charge < -0.3 is 19.9 Å². The predicted octanol–water partition coefficient (Wildman–Crippen LogP) is 4.71. The van der Waals surface area contributed by atoms with E-state index in [9.17, 15) is 14.0 Å². The lowest BCUT2D eigenvalue weighted by Gasteiger charge is -2.31. The minimum Gasteiger partial charge on any atom is -0.376 e. The topological polar surface area (TPSA) is 61.9 Å². The van der Waals surface area contributed by atoms with Gasteiger partial charge in [-0.15, -0.1) is 11.3 Å². The van der Waals surface area contributed by atoms with Crippen molar-refractivity contribution < 1.29 is 18.7 Å². The fourth-order valence-electron chi connectivity index (χ4n) is 3.72. The zero-order valence-electron chi connectivity index (χ0n) is 19.9. The minimum atomic E-state index is -0.419. The third-order valence-electron chi connectivity index (χ3n) is 5.33. The number of benzene rings is 1. The summed E-state index contributed by atoms with van der Waals surface area (Å²) in [5.74, 6) is -0.473. The molecule has 1 saturated heterocycles. The molecule has 1 aromatic heterocycles. The van der Waals surface area contributed by atoms with Crippen LogP contribution < -0.4 is 5.32 Å². The van der Waals surface area contributed by atoms with Crippen LogP contribution >= 0.6 is 11.3 Å². The number of ether oxygens (including phenoxy) is 1. The largest absolute Gasteiger partial charge is 0.376 e. The van der Waals surface area contributed by atoms with E-state index in [4.69, 9.17) is 4.74 Å². The van der Waals surface area contributed by atoms with Crippen molar-refractivity contribution in [3.8, 4) is 0 Å². The lowest BCUT2D eigenvalue weighted by atomic mass is 10.1. The van der Waals surface area contributed by atoms with Crippen LogP contribution in [-0.2, 0) is 22.6 Å². The molecule has 1 aromatic carbocycles. The number of nitrogens with zero attached hydrogens (tertiary/aromatic N) is 2. The maximum absolute atomic E-state index is 13.5. The second-order valence-corrected chi connectivity index (χ2v) is 11.0. The maximum atomic E-state index is 13.5. The molecule has 3 rings (SSSR count). The van der Waals surface area contributed by atoms with Crippen LogP contribution in [-0.4, -0.2) is 53.1 Å². The van der Waals surface area contributed by atoms with Gasteiger partial charge in [0.05, 0.1) is 12.6 Å². The van der Waals surface area contributed by atoms with Gasteiger partial charge in [-0.25, -0.2) is 9.18 Å². The molecule has 1 atom stereocenters. The highest BCUT2D eigenvalue weighted by atomic mass is 32.1. The van der Waals surface area contributed by atoms with Crippen molar-refractivity contribution in [3.05, 3.63) is 57.5 Å². The van der Waals surface area contributed by atoms with Crippen molar-refractivity contribution in [1.82, 2.24) is 15.1 Å². The monoisotopic (exact) mass is 475 g/mol. The number of nitrogens with one attached hydrogen (secondary N) is 1. The van der Waals surface area contributed by atoms with Crippen LogP contribution in [0.1, 0.15) is 48.9 Å². The van der Waals surface area contributed by atoms with Crippen molar-refractivity contribution in [1.29, 1.82) is 0 Å². The van der Waals surface area contributed by atoms with Crippen molar-refractivity contribution in [2.24, 2.45) is 0 Å². The smallest absolute Gasteiger partial charge is 0.318 e. The van der Waals surface area contributed by atoms with Gasteiger partial charge in [-0.2, -0.15) is 0 Å². The molecule has 180 valence electrons. The Morgan fingerprint density at radius 2 is 1.85 bits per heavy atom. The van der Waals surface area contributed by atoms with Gasteiger partial charge in [0.2, 0.25) is 5.91 Å². The number of aryl methyl sites for hydroxylation is 1. The molecule has 0 bridgehead atoms. The molecule has 1 fully saturated rings. The molecular weight excluding hydrogens is 441 g/mol. The van der Waals surface area contributed by atoms with Gasteiger partial charge in [-0.3, -0.25) is 4.79 Å². The number of rotatable bonds is 8. The number of hydrogen-bond donors (Lipinski definition) is 1. The quantitative estimate of drug-likeness (QED) is 0.601. The first-order valence-electron chi connectivity index (χ1n) is 11.4. The lowest BCUT2D eigenvalue weighted by molar-refractivity contribution is -0.133. The number of thiophene rings is 1. The van der Waals surface area contributed by atoms with E-state index < -0.39 is 5.54 Å². The van der Waals surface area contributed by atoms with E-state index >= 15 is 0 Å². The highest BCUT2D eigenvalue weighted by Crippen LogP contribution is 2.20.